The van der Waals surface area contributed by atoms with Crippen molar-refractivity contribution in [2.24, 2.45) is 5.92 Å². The number of carbonyl (C=O) groups excluding carboxylic acids is 2. The summed E-state index contributed by atoms with van der Waals surface area (Å²) in [5.74, 6) is 0.918. The first-order valence-corrected chi connectivity index (χ1v) is 9.47. The Hall–Kier alpha value is -1.79. The third-order valence-electron chi connectivity index (χ3n) is 5.12. The van der Waals surface area contributed by atoms with Crippen molar-refractivity contribution >= 4 is 29.1 Å². The molecule has 2 aliphatic heterocycles. The molecule has 0 aliphatic carbocycles. The van der Waals surface area contributed by atoms with E-state index in [2.05, 4.69) is 19.0 Å². The van der Waals surface area contributed by atoms with Gasteiger partial charge in [-0.25, -0.2) is 0 Å². The van der Waals surface area contributed by atoms with Gasteiger partial charge in [-0.3, -0.25) is 14.5 Å². The normalized spacial score (nSPS) is 18.1. The van der Waals surface area contributed by atoms with E-state index in [4.69, 9.17) is 16.3 Å². The van der Waals surface area contributed by atoms with Crippen LogP contribution in [0.1, 0.15) is 19.3 Å². The zero-order valence-electron chi connectivity index (χ0n) is 15.4. The first kappa shape index (κ1) is 19.0. The molecule has 0 N–H and O–H groups in total. The molecule has 0 saturated carbocycles. The number of hydrogen-bond donors (Lipinski definition) is 0. The van der Waals surface area contributed by atoms with Crippen molar-refractivity contribution in [3.8, 4) is 5.75 Å². The van der Waals surface area contributed by atoms with Crippen LogP contribution in [-0.2, 0) is 9.59 Å². The third kappa shape index (κ3) is 4.30. The SMILES string of the molecule is CN(C)CCC1CCN(C(=O)CN2C(=O)COc3c(Cl)cccc32)CC1. The maximum atomic E-state index is 12.7. The summed E-state index contributed by atoms with van der Waals surface area (Å²) in [5.41, 5.74) is 0.572. The average Bonchev–Trinajstić information content (AvgIpc) is 2.63. The Balaban J connectivity index is 1.59. The van der Waals surface area contributed by atoms with Crippen molar-refractivity contribution in [1.82, 2.24) is 9.80 Å². The predicted octanol–water partition coefficient (Wildman–Crippen LogP) is 2.26. The molecule has 1 aromatic carbocycles. The van der Waals surface area contributed by atoms with Crippen molar-refractivity contribution in [2.45, 2.75) is 19.3 Å². The molecule has 0 unspecified atom stereocenters. The Morgan fingerprint density at radius 2 is 2.04 bits per heavy atom. The highest BCUT2D eigenvalue weighted by Gasteiger charge is 2.31. The van der Waals surface area contributed by atoms with E-state index in [0.29, 0.717) is 22.4 Å². The lowest BCUT2D eigenvalue weighted by Crippen LogP contribution is -2.48. The number of ether oxygens (including phenoxy) is 1. The van der Waals surface area contributed by atoms with Gasteiger partial charge in [0.2, 0.25) is 5.91 Å². The van der Waals surface area contributed by atoms with Crippen LogP contribution in [0.4, 0.5) is 5.69 Å². The number of piperidine rings is 1. The molecule has 0 radical (unpaired) electrons. The average molecular weight is 380 g/mol. The lowest BCUT2D eigenvalue weighted by molar-refractivity contribution is -0.133. The third-order valence-corrected chi connectivity index (χ3v) is 5.42. The zero-order valence-corrected chi connectivity index (χ0v) is 16.2. The smallest absolute Gasteiger partial charge is 0.265 e. The maximum absolute atomic E-state index is 12.7. The second-order valence-electron chi connectivity index (χ2n) is 7.27. The summed E-state index contributed by atoms with van der Waals surface area (Å²) in [6.45, 7) is 2.56. The number of likely N-dealkylation sites (tertiary alicyclic amines) is 1. The lowest BCUT2D eigenvalue weighted by Gasteiger charge is -2.35. The van der Waals surface area contributed by atoms with Crippen LogP contribution in [0.25, 0.3) is 0 Å². The number of carbonyl (C=O) groups is 2. The summed E-state index contributed by atoms with van der Waals surface area (Å²) in [4.78, 5) is 30.6. The van der Waals surface area contributed by atoms with Gasteiger partial charge in [-0.05, 0) is 58.0 Å². The molecule has 6 nitrogen and oxygen atoms in total. The van der Waals surface area contributed by atoms with E-state index in [9.17, 15) is 9.59 Å². The fraction of sp³-hybridized carbons (Fsp3) is 0.579. The Kier molecular flexibility index (Phi) is 6.04. The van der Waals surface area contributed by atoms with Crippen LogP contribution in [0.2, 0.25) is 5.02 Å². The monoisotopic (exact) mass is 379 g/mol. The molecule has 0 bridgehead atoms. The van der Waals surface area contributed by atoms with E-state index in [1.165, 1.54) is 11.3 Å². The molecule has 1 fully saturated rings. The predicted molar refractivity (Wildman–Crippen MR) is 102 cm³/mol. The highest BCUT2D eigenvalue weighted by atomic mass is 35.5. The van der Waals surface area contributed by atoms with Crippen molar-refractivity contribution in [2.75, 3.05) is 51.8 Å². The summed E-state index contributed by atoms with van der Waals surface area (Å²) >= 11 is 6.15. The highest BCUT2D eigenvalue weighted by molar-refractivity contribution is 6.32. The van der Waals surface area contributed by atoms with Gasteiger partial charge in [0, 0.05) is 13.1 Å². The molecule has 1 aromatic rings. The molecule has 0 atom stereocenters. The molecule has 2 aliphatic rings. The lowest BCUT2D eigenvalue weighted by atomic mass is 9.93. The molecular weight excluding hydrogens is 354 g/mol. The molecule has 2 amide bonds. The Morgan fingerprint density at radius 1 is 1.31 bits per heavy atom. The van der Waals surface area contributed by atoms with Crippen LogP contribution in [0.5, 0.6) is 5.75 Å². The molecule has 0 aromatic heterocycles. The first-order chi connectivity index (χ1) is 12.5. The minimum absolute atomic E-state index is 0.0164. The van der Waals surface area contributed by atoms with Crippen LogP contribution in [0.3, 0.4) is 0 Å². The van der Waals surface area contributed by atoms with Gasteiger partial charge < -0.3 is 14.5 Å². The number of amides is 2. The number of hydrogen-bond acceptors (Lipinski definition) is 4. The van der Waals surface area contributed by atoms with E-state index in [-0.39, 0.29) is 25.0 Å². The number of halogens is 1. The number of fused-ring (bicyclic) bond motifs is 1. The van der Waals surface area contributed by atoms with Crippen LogP contribution in [0.15, 0.2) is 18.2 Å². The molecule has 0 spiro atoms. The number of rotatable bonds is 5. The molecule has 142 valence electrons. The minimum atomic E-state index is -0.214. The van der Waals surface area contributed by atoms with Crippen molar-refractivity contribution in [3.63, 3.8) is 0 Å². The van der Waals surface area contributed by atoms with Crippen molar-refractivity contribution < 1.29 is 14.3 Å². The Bertz CT molecular complexity index is 672. The van der Waals surface area contributed by atoms with Gasteiger partial charge in [0.25, 0.3) is 5.91 Å². The Morgan fingerprint density at radius 3 is 2.73 bits per heavy atom. The molecule has 7 heteroatoms. The van der Waals surface area contributed by atoms with Gasteiger partial charge in [0.1, 0.15) is 6.54 Å². The summed E-state index contributed by atoms with van der Waals surface area (Å²) in [5, 5.41) is 0.453. The molecule has 3 rings (SSSR count). The molecule has 26 heavy (non-hydrogen) atoms. The van der Waals surface area contributed by atoms with Crippen LogP contribution in [0, 0.1) is 5.92 Å². The van der Waals surface area contributed by atoms with Gasteiger partial charge in [0.15, 0.2) is 12.4 Å². The van der Waals surface area contributed by atoms with Crippen LogP contribution >= 0.6 is 11.6 Å². The Labute approximate surface area is 159 Å². The standard InChI is InChI=1S/C19H26ClN3O3/c1-21(2)9-6-14-7-10-22(11-8-14)17(24)12-23-16-5-3-4-15(20)19(16)26-13-18(23)25/h3-5,14H,6-13H2,1-2H3. The van der Waals surface area contributed by atoms with Gasteiger partial charge in [0.05, 0.1) is 10.7 Å². The molecule has 1 saturated heterocycles. The highest BCUT2D eigenvalue weighted by Crippen LogP contribution is 2.38. The van der Waals surface area contributed by atoms with E-state index < -0.39 is 0 Å². The van der Waals surface area contributed by atoms with Gasteiger partial charge in [-0.2, -0.15) is 0 Å². The number of nitrogens with zero attached hydrogens (tertiary/aromatic N) is 3. The van der Waals surface area contributed by atoms with Crippen LogP contribution < -0.4 is 9.64 Å². The second-order valence-corrected chi connectivity index (χ2v) is 7.68. The summed E-state index contributed by atoms with van der Waals surface area (Å²) in [7, 11) is 4.17. The quantitative estimate of drug-likeness (QED) is 0.787. The summed E-state index contributed by atoms with van der Waals surface area (Å²) in [6, 6.07) is 5.24. The number of anilines is 1. The van der Waals surface area contributed by atoms with Crippen molar-refractivity contribution in [1.29, 1.82) is 0 Å². The summed E-state index contributed by atoms with van der Waals surface area (Å²) in [6.07, 6.45) is 3.22. The van der Waals surface area contributed by atoms with E-state index in [1.54, 1.807) is 18.2 Å². The zero-order chi connectivity index (χ0) is 18.7. The summed E-state index contributed by atoms with van der Waals surface area (Å²) < 4.78 is 5.43. The second kappa shape index (κ2) is 8.27. The van der Waals surface area contributed by atoms with Gasteiger partial charge in [-0.1, -0.05) is 17.7 Å². The van der Waals surface area contributed by atoms with E-state index in [0.717, 1.165) is 32.5 Å². The van der Waals surface area contributed by atoms with Crippen LogP contribution in [-0.4, -0.2) is 68.5 Å². The van der Waals surface area contributed by atoms with Gasteiger partial charge in [-0.15, -0.1) is 0 Å². The first-order valence-electron chi connectivity index (χ1n) is 9.10. The fourth-order valence-corrected chi connectivity index (χ4v) is 3.74. The molecule has 2 heterocycles. The molecular formula is C19H26ClN3O3. The van der Waals surface area contributed by atoms with Crippen molar-refractivity contribution in [3.05, 3.63) is 23.2 Å². The minimum Gasteiger partial charge on any atom is -0.480 e. The van der Waals surface area contributed by atoms with E-state index >= 15 is 0 Å². The maximum Gasteiger partial charge on any atom is 0.265 e. The number of benzene rings is 1. The fourth-order valence-electron chi connectivity index (χ4n) is 3.52. The topological polar surface area (TPSA) is 53.1 Å². The van der Waals surface area contributed by atoms with E-state index in [1.807, 2.05) is 4.90 Å². The largest absolute Gasteiger partial charge is 0.480 e. The number of para-hydroxylation sites is 1. The van der Waals surface area contributed by atoms with Gasteiger partial charge >= 0.3 is 0 Å².